The van der Waals surface area contributed by atoms with Crippen molar-refractivity contribution in [2.45, 2.75) is 26.5 Å². The number of nitrogens with one attached hydrogen (secondary N) is 1. The van der Waals surface area contributed by atoms with Crippen molar-refractivity contribution in [1.29, 1.82) is 0 Å². The Balaban J connectivity index is 2.41. The van der Waals surface area contributed by atoms with Crippen molar-refractivity contribution in [2.24, 2.45) is 0 Å². The van der Waals surface area contributed by atoms with E-state index in [-0.39, 0.29) is 6.10 Å². The monoisotopic (exact) mass is 180 g/mol. The number of hydrogen-bond donors (Lipinski definition) is 2. The number of aliphatic hydroxyl groups is 1. The molecule has 1 atom stereocenters. The van der Waals surface area contributed by atoms with Crippen molar-refractivity contribution in [2.75, 3.05) is 6.54 Å². The highest BCUT2D eigenvalue weighted by molar-refractivity contribution is 5.17. The van der Waals surface area contributed by atoms with Gasteiger partial charge in [-0.25, -0.2) is 0 Å². The maximum atomic E-state index is 9.02. The van der Waals surface area contributed by atoms with E-state index in [0.717, 1.165) is 12.2 Å². The quantitative estimate of drug-likeness (QED) is 0.722. The van der Waals surface area contributed by atoms with Gasteiger partial charge < -0.3 is 10.4 Å². The minimum absolute atomic E-state index is 0.302. The molecule has 2 N–H and O–H groups in total. The fourth-order valence-corrected chi connectivity index (χ4v) is 1.10. The van der Waals surface area contributed by atoms with Gasteiger partial charge in [0.1, 0.15) is 0 Å². The summed E-state index contributed by atoms with van der Waals surface area (Å²) in [5.41, 5.74) is 2.23. The van der Waals surface area contributed by atoms with Crippen LogP contribution >= 0.6 is 0 Å². The van der Waals surface area contributed by atoms with E-state index >= 15 is 0 Å². The Bertz CT molecular complexity index is 261. The van der Waals surface area contributed by atoms with Crippen LogP contribution in [0.25, 0.3) is 0 Å². The molecule has 0 bridgehead atoms. The van der Waals surface area contributed by atoms with Crippen molar-refractivity contribution in [3.8, 4) is 0 Å². The van der Waals surface area contributed by atoms with Crippen LogP contribution in [-0.4, -0.2) is 22.7 Å². The van der Waals surface area contributed by atoms with Gasteiger partial charge in [-0.1, -0.05) is 6.07 Å². The van der Waals surface area contributed by atoms with Gasteiger partial charge in [0.25, 0.3) is 0 Å². The molecular weight excluding hydrogens is 164 g/mol. The molecule has 0 amide bonds. The second-order valence-corrected chi connectivity index (χ2v) is 3.25. The first-order valence-corrected chi connectivity index (χ1v) is 4.49. The Labute approximate surface area is 78.8 Å². The maximum absolute atomic E-state index is 9.02. The van der Waals surface area contributed by atoms with Gasteiger partial charge in [-0.15, -0.1) is 0 Å². The highest BCUT2D eigenvalue weighted by atomic mass is 16.3. The predicted molar refractivity (Wildman–Crippen MR) is 52.4 cm³/mol. The normalized spacial score (nSPS) is 12.8. The molecule has 13 heavy (non-hydrogen) atoms. The molecule has 0 aliphatic heterocycles. The molecule has 0 fully saturated rings. The van der Waals surface area contributed by atoms with E-state index < -0.39 is 0 Å². The van der Waals surface area contributed by atoms with Crippen molar-refractivity contribution in [3.05, 3.63) is 29.6 Å². The summed E-state index contributed by atoms with van der Waals surface area (Å²) < 4.78 is 0. The van der Waals surface area contributed by atoms with E-state index in [1.807, 2.05) is 19.1 Å². The average Bonchev–Trinajstić information content (AvgIpc) is 2.08. The summed E-state index contributed by atoms with van der Waals surface area (Å²) in [6.45, 7) is 5.12. The van der Waals surface area contributed by atoms with E-state index in [0.29, 0.717) is 6.54 Å². The van der Waals surface area contributed by atoms with E-state index in [9.17, 15) is 0 Å². The van der Waals surface area contributed by atoms with Gasteiger partial charge in [0.15, 0.2) is 0 Å². The number of hydrogen-bond acceptors (Lipinski definition) is 3. The number of rotatable bonds is 4. The van der Waals surface area contributed by atoms with Crippen LogP contribution in [0.2, 0.25) is 0 Å². The van der Waals surface area contributed by atoms with E-state index in [1.54, 1.807) is 13.1 Å². The molecule has 1 unspecified atom stereocenters. The number of aromatic nitrogens is 1. The van der Waals surface area contributed by atoms with Crippen LogP contribution in [0.4, 0.5) is 0 Å². The molecule has 0 aliphatic rings. The molecule has 0 aliphatic carbocycles. The molecule has 0 spiro atoms. The summed E-state index contributed by atoms with van der Waals surface area (Å²) in [5, 5.41) is 12.1. The standard InChI is InChI=1S/C10H16N2O/c1-8-4-3-5-12-10(8)7-11-6-9(2)13/h3-5,9,11,13H,6-7H2,1-2H3. The summed E-state index contributed by atoms with van der Waals surface area (Å²) in [6.07, 6.45) is 1.48. The van der Waals surface area contributed by atoms with E-state index in [2.05, 4.69) is 10.3 Å². The van der Waals surface area contributed by atoms with Crippen LogP contribution in [-0.2, 0) is 6.54 Å². The summed E-state index contributed by atoms with van der Waals surface area (Å²) in [7, 11) is 0. The number of aliphatic hydroxyl groups excluding tert-OH is 1. The first-order valence-electron chi connectivity index (χ1n) is 4.49. The minimum atomic E-state index is -0.302. The van der Waals surface area contributed by atoms with E-state index in [4.69, 9.17) is 5.11 Å². The van der Waals surface area contributed by atoms with Gasteiger partial charge in [0, 0.05) is 19.3 Å². The maximum Gasteiger partial charge on any atom is 0.0636 e. The zero-order valence-corrected chi connectivity index (χ0v) is 8.12. The van der Waals surface area contributed by atoms with Gasteiger partial charge >= 0.3 is 0 Å². The van der Waals surface area contributed by atoms with Crippen LogP contribution in [0.5, 0.6) is 0 Å². The molecule has 0 saturated carbocycles. The highest BCUT2D eigenvalue weighted by Gasteiger charge is 1.99. The Morgan fingerprint density at radius 2 is 2.38 bits per heavy atom. The average molecular weight is 180 g/mol. The third kappa shape index (κ3) is 3.53. The molecule has 0 saturated heterocycles. The topological polar surface area (TPSA) is 45.2 Å². The Morgan fingerprint density at radius 3 is 3.00 bits per heavy atom. The van der Waals surface area contributed by atoms with Crippen molar-refractivity contribution in [3.63, 3.8) is 0 Å². The van der Waals surface area contributed by atoms with Gasteiger partial charge in [-0.05, 0) is 25.5 Å². The van der Waals surface area contributed by atoms with Crippen molar-refractivity contribution < 1.29 is 5.11 Å². The molecule has 72 valence electrons. The molecule has 0 radical (unpaired) electrons. The third-order valence-corrected chi connectivity index (χ3v) is 1.85. The predicted octanol–water partition coefficient (Wildman–Crippen LogP) is 0.860. The largest absolute Gasteiger partial charge is 0.392 e. The van der Waals surface area contributed by atoms with Crippen LogP contribution in [0.3, 0.4) is 0 Å². The van der Waals surface area contributed by atoms with Gasteiger partial charge in [-0.3, -0.25) is 4.98 Å². The molecule has 3 nitrogen and oxygen atoms in total. The molecular formula is C10H16N2O. The highest BCUT2D eigenvalue weighted by Crippen LogP contribution is 2.01. The molecule has 1 heterocycles. The summed E-state index contributed by atoms with van der Waals surface area (Å²) in [5.74, 6) is 0. The lowest BCUT2D eigenvalue weighted by molar-refractivity contribution is 0.191. The zero-order chi connectivity index (χ0) is 9.68. The summed E-state index contributed by atoms with van der Waals surface area (Å²) >= 11 is 0. The molecule has 1 rings (SSSR count). The Hall–Kier alpha value is -0.930. The lowest BCUT2D eigenvalue weighted by Crippen LogP contribution is -2.24. The first kappa shape index (κ1) is 10.2. The minimum Gasteiger partial charge on any atom is -0.392 e. The van der Waals surface area contributed by atoms with Crippen LogP contribution < -0.4 is 5.32 Å². The second-order valence-electron chi connectivity index (χ2n) is 3.25. The van der Waals surface area contributed by atoms with Crippen LogP contribution in [0.15, 0.2) is 18.3 Å². The summed E-state index contributed by atoms with van der Waals surface area (Å²) in [6, 6.07) is 3.96. The van der Waals surface area contributed by atoms with Crippen molar-refractivity contribution >= 4 is 0 Å². The molecule has 0 aromatic carbocycles. The number of nitrogens with zero attached hydrogens (tertiary/aromatic N) is 1. The summed E-state index contributed by atoms with van der Waals surface area (Å²) in [4.78, 5) is 4.23. The SMILES string of the molecule is Cc1cccnc1CNCC(C)O. The number of pyridine rings is 1. The fraction of sp³-hybridized carbons (Fsp3) is 0.500. The van der Waals surface area contributed by atoms with Gasteiger partial charge in [0.2, 0.25) is 0 Å². The molecule has 1 aromatic rings. The first-order chi connectivity index (χ1) is 6.20. The molecule has 3 heteroatoms. The zero-order valence-electron chi connectivity index (χ0n) is 8.12. The number of aryl methyl sites for hydroxylation is 1. The van der Waals surface area contributed by atoms with E-state index in [1.165, 1.54) is 5.56 Å². The lowest BCUT2D eigenvalue weighted by atomic mass is 10.2. The lowest BCUT2D eigenvalue weighted by Gasteiger charge is -2.07. The molecule has 1 aromatic heterocycles. The van der Waals surface area contributed by atoms with Crippen LogP contribution in [0, 0.1) is 6.92 Å². The second kappa shape index (κ2) is 4.94. The van der Waals surface area contributed by atoms with Crippen molar-refractivity contribution in [1.82, 2.24) is 10.3 Å². The van der Waals surface area contributed by atoms with Crippen LogP contribution in [0.1, 0.15) is 18.2 Å². The van der Waals surface area contributed by atoms with Gasteiger partial charge in [-0.2, -0.15) is 0 Å². The third-order valence-electron chi connectivity index (χ3n) is 1.85. The Morgan fingerprint density at radius 1 is 1.62 bits per heavy atom. The smallest absolute Gasteiger partial charge is 0.0636 e. The Kier molecular flexibility index (Phi) is 3.86. The van der Waals surface area contributed by atoms with Gasteiger partial charge in [0.05, 0.1) is 11.8 Å². The fourth-order valence-electron chi connectivity index (χ4n) is 1.10.